The van der Waals surface area contributed by atoms with Gasteiger partial charge in [0.25, 0.3) is 0 Å². The van der Waals surface area contributed by atoms with Gasteiger partial charge in [-0.2, -0.15) is 0 Å². The van der Waals surface area contributed by atoms with Crippen LogP contribution in [0.2, 0.25) is 0 Å². The van der Waals surface area contributed by atoms with Crippen LogP contribution in [-0.4, -0.2) is 37.5 Å². The van der Waals surface area contributed by atoms with Crippen molar-refractivity contribution in [1.29, 1.82) is 0 Å². The van der Waals surface area contributed by atoms with Crippen LogP contribution in [0, 0.1) is 0 Å². The summed E-state index contributed by atoms with van der Waals surface area (Å²) in [6.07, 6.45) is 2.82. The number of rotatable bonds is 3. The van der Waals surface area contributed by atoms with Crippen molar-refractivity contribution in [2.75, 3.05) is 20.6 Å². The van der Waals surface area contributed by atoms with E-state index in [-0.39, 0.29) is 5.91 Å². The SMILES string of the molecule is CN(C)[14CH2]CC1CCC(=O)N1. The molecule has 1 saturated heterocycles. The summed E-state index contributed by atoms with van der Waals surface area (Å²) in [4.78, 5) is 12.9. The van der Waals surface area contributed by atoms with Crippen molar-refractivity contribution >= 4 is 5.91 Å². The molecular formula is C8H16N2O. The molecule has 11 heavy (non-hydrogen) atoms. The van der Waals surface area contributed by atoms with E-state index in [1.54, 1.807) is 0 Å². The van der Waals surface area contributed by atoms with Gasteiger partial charge in [-0.1, -0.05) is 0 Å². The highest BCUT2D eigenvalue weighted by atomic mass is 16.1. The maximum Gasteiger partial charge on any atom is 0.220 e. The number of hydrogen-bond donors (Lipinski definition) is 1. The highest BCUT2D eigenvalue weighted by Gasteiger charge is 2.19. The second kappa shape index (κ2) is 3.72. The van der Waals surface area contributed by atoms with Crippen LogP contribution in [0.3, 0.4) is 0 Å². The minimum Gasteiger partial charge on any atom is -0.353 e. The molecule has 1 aliphatic rings. The smallest absolute Gasteiger partial charge is 0.220 e. The van der Waals surface area contributed by atoms with Crippen LogP contribution < -0.4 is 5.32 Å². The second-order valence-electron chi connectivity index (χ2n) is 3.40. The van der Waals surface area contributed by atoms with Crippen LogP contribution in [0.25, 0.3) is 0 Å². The Bertz CT molecular complexity index is 145. The van der Waals surface area contributed by atoms with Gasteiger partial charge in [0.05, 0.1) is 0 Å². The second-order valence-corrected chi connectivity index (χ2v) is 3.40. The molecule has 3 heteroatoms. The van der Waals surface area contributed by atoms with E-state index in [4.69, 9.17) is 0 Å². The van der Waals surface area contributed by atoms with Crippen LogP contribution in [-0.2, 0) is 4.79 Å². The monoisotopic (exact) mass is 158 g/mol. The van der Waals surface area contributed by atoms with Gasteiger partial charge < -0.3 is 10.2 Å². The number of nitrogens with one attached hydrogen (secondary N) is 1. The van der Waals surface area contributed by atoms with Crippen LogP contribution in [0.4, 0.5) is 0 Å². The summed E-state index contributed by atoms with van der Waals surface area (Å²) < 4.78 is 0. The van der Waals surface area contributed by atoms with Crippen molar-refractivity contribution in [2.24, 2.45) is 0 Å². The fraction of sp³-hybridized carbons (Fsp3) is 0.875. The Morgan fingerprint density at radius 1 is 1.73 bits per heavy atom. The first-order valence-electron chi connectivity index (χ1n) is 4.12. The maximum atomic E-state index is 10.8. The molecule has 0 radical (unpaired) electrons. The molecule has 1 fully saturated rings. The van der Waals surface area contributed by atoms with Crippen molar-refractivity contribution in [3.05, 3.63) is 0 Å². The maximum absolute atomic E-state index is 10.8. The Balaban J connectivity index is 2.13. The van der Waals surface area contributed by atoms with Crippen LogP contribution in [0.15, 0.2) is 0 Å². The first-order chi connectivity index (χ1) is 5.18. The van der Waals surface area contributed by atoms with Gasteiger partial charge in [0.1, 0.15) is 0 Å². The van der Waals surface area contributed by atoms with E-state index in [0.717, 1.165) is 25.8 Å². The molecule has 3 nitrogen and oxygen atoms in total. The minimum absolute atomic E-state index is 0.216. The topological polar surface area (TPSA) is 32.3 Å². The molecule has 0 aromatic heterocycles. The zero-order chi connectivity index (χ0) is 8.27. The Kier molecular flexibility index (Phi) is 2.88. The van der Waals surface area contributed by atoms with Crippen molar-refractivity contribution in [3.63, 3.8) is 0 Å². The van der Waals surface area contributed by atoms with Gasteiger partial charge >= 0.3 is 0 Å². The van der Waals surface area contributed by atoms with E-state index in [2.05, 4.69) is 24.3 Å². The average molecular weight is 158 g/mol. The summed E-state index contributed by atoms with van der Waals surface area (Å²) in [7, 11) is 4.10. The number of carbonyl (C=O) groups excluding carboxylic acids is 1. The quantitative estimate of drug-likeness (QED) is 0.637. The predicted molar refractivity (Wildman–Crippen MR) is 44.3 cm³/mol. The molecule has 1 rings (SSSR count). The molecule has 1 N–H and O–H groups in total. The van der Waals surface area contributed by atoms with E-state index in [1.807, 2.05) is 0 Å². The number of hydrogen-bond acceptors (Lipinski definition) is 2. The largest absolute Gasteiger partial charge is 0.353 e. The number of carbonyl (C=O) groups is 1. The van der Waals surface area contributed by atoms with Gasteiger partial charge in [0, 0.05) is 12.5 Å². The molecule has 0 bridgehead atoms. The van der Waals surface area contributed by atoms with Gasteiger partial charge in [0.15, 0.2) is 0 Å². The fourth-order valence-electron chi connectivity index (χ4n) is 1.31. The highest BCUT2D eigenvalue weighted by molar-refractivity contribution is 5.78. The van der Waals surface area contributed by atoms with Crippen LogP contribution in [0.1, 0.15) is 19.3 Å². The standard InChI is InChI=1S/C8H16N2O/c1-10(2)6-5-7-3-4-8(11)9-7/h7H,3-6H2,1-2H3,(H,9,11)/i6+2. The summed E-state index contributed by atoms with van der Waals surface area (Å²) in [6, 6.07) is 0.435. The Morgan fingerprint density at radius 3 is 2.91 bits per heavy atom. The molecule has 0 spiro atoms. The van der Waals surface area contributed by atoms with Gasteiger partial charge in [-0.05, 0) is 33.5 Å². The van der Waals surface area contributed by atoms with Crippen LogP contribution >= 0.6 is 0 Å². The first-order valence-corrected chi connectivity index (χ1v) is 4.12. The number of amides is 1. The summed E-state index contributed by atoms with van der Waals surface area (Å²) in [5.74, 6) is 0.216. The Hall–Kier alpha value is -0.570. The molecule has 1 heterocycles. The average Bonchev–Trinajstić information content (AvgIpc) is 2.31. The molecule has 0 aromatic rings. The third-order valence-corrected chi connectivity index (χ3v) is 2.01. The van der Waals surface area contributed by atoms with Gasteiger partial charge in [0.2, 0.25) is 5.91 Å². The molecule has 1 unspecified atom stereocenters. The summed E-state index contributed by atoms with van der Waals surface area (Å²) in [6.45, 7) is 1.06. The molecule has 0 aromatic carbocycles. The zero-order valence-corrected chi connectivity index (χ0v) is 7.26. The van der Waals surface area contributed by atoms with E-state index in [9.17, 15) is 4.79 Å². The van der Waals surface area contributed by atoms with Crippen molar-refractivity contribution in [3.8, 4) is 0 Å². The highest BCUT2D eigenvalue weighted by Crippen LogP contribution is 2.09. The predicted octanol–water partition coefficient (Wildman–Crippen LogP) is 0.217. The summed E-state index contributed by atoms with van der Waals surface area (Å²) in [5, 5.41) is 2.94. The van der Waals surface area contributed by atoms with E-state index in [0.29, 0.717) is 6.04 Å². The fourth-order valence-corrected chi connectivity index (χ4v) is 1.31. The normalized spacial score (nSPS) is 24.3. The zero-order valence-electron chi connectivity index (χ0n) is 7.26. The van der Waals surface area contributed by atoms with Gasteiger partial charge in [-0.25, -0.2) is 0 Å². The molecule has 64 valence electrons. The molecule has 1 amide bonds. The minimum atomic E-state index is 0.216. The van der Waals surface area contributed by atoms with Crippen molar-refractivity contribution < 1.29 is 4.79 Å². The molecule has 1 aliphatic heterocycles. The first kappa shape index (κ1) is 8.53. The van der Waals surface area contributed by atoms with Crippen molar-refractivity contribution in [1.82, 2.24) is 10.2 Å². The molecule has 0 saturated carbocycles. The molecular weight excluding hydrogens is 142 g/mol. The lowest BCUT2D eigenvalue weighted by atomic mass is 10.2. The van der Waals surface area contributed by atoms with E-state index in [1.165, 1.54) is 0 Å². The summed E-state index contributed by atoms with van der Waals surface area (Å²) >= 11 is 0. The van der Waals surface area contributed by atoms with Crippen LogP contribution in [0.5, 0.6) is 0 Å². The van der Waals surface area contributed by atoms with E-state index >= 15 is 0 Å². The van der Waals surface area contributed by atoms with Gasteiger partial charge in [-0.3, -0.25) is 4.79 Å². The lowest BCUT2D eigenvalue weighted by Gasteiger charge is -2.13. The third kappa shape index (κ3) is 2.89. The lowest BCUT2D eigenvalue weighted by Crippen LogP contribution is -2.28. The lowest BCUT2D eigenvalue weighted by molar-refractivity contribution is -0.119. The number of nitrogens with zero attached hydrogens (tertiary/aromatic N) is 1. The van der Waals surface area contributed by atoms with Gasteiger partial charge in [-0.15, -0.1) is 0 Å². The Morgan fingerprint density at radius 2 is 2.45 bits per heavy atom. The summed E-state index contributed by atoms with van der Waals surface area (Å²) in [5.41, 5.74) is 0. The molecule has 0 aliphatic carbocycles. The Labute approximate surface area is 67.8 Å². The third-order valence-electron chi connectivity index (χ3n) is 2.01. The molecule has 1 atom stereocenters. The van der Waals surface area contributed by atoms with Crippen molar-refractivity contribution in [2.45, 2.75) is 25.3 Å². The van der Waals surface area contributed by atoms with E-state index < -0.39 is 0 Å².